The molecule has 0 amide bonds. The van der Waals surface area contributed by atoms with Crippen molar-refractivity contribution in [3.8, 4) is 23.3 Å². The summed E-state index contributed by atoms with van der Waals surface area (Å²) in [5, 5.41) is 9.30. The van der Waals surface area contributed by atoms with E-state index in [0.29, 0.717) is 5.82 Å². The van der Waals surface area contributed by atoms with Gasteiger partial charge in [-0.3, -0.25) is 9.47 Å². The number of rotatable bonds is 6. The highest BCUT2D eigenvalue weighted by Gasteiger charge is 2.43. The second kappa shape index (κ2) is 12.6. The van der Waals surface area contributed by atoms with Gasteiger partial charge >= 0.3 is 0 Å². The van der Waals surface area contributed by atoms with Crippen LogP contribution in [0.25, 0.3) is 33.8 Å². The zero-order valence-corrected chi connectivity index (χ0v) is 25.1. The second-order valence-corrected chi connectivity index (χ2v) is 10.9. The van der Waals surface area contributed by atoms with Crippen molar-refractivity contribution in [2.75, 3.05) is 31.9 Å². The molecular formula is C34H40N8. The first kappa shape index (κ1) is 29.0. The van der Waals surface area contributed by atoms with E-state index in [2.05, 4.69) is 57.1 Å². The summed E-state index contributed by atoms with van der Waals surface area (Å²) in [5.41, 5.74) is 13.1. The van der Waals surface area contributed by atoms with Crippen molar-refractivity contribution in [2.24, 2.45) is 5.41 Å². The number of fused-ring (bicyclic) bond motifs is 1. The Bertz CT molecular complexity index is 1640. The van der Waals surface area contributed by atoms with E-state index in [1.807, 2.05) is 62.9 Å². The number of pyridine rings is 2. The highest BCUT2D eigenvalue weighted by Crippen LogP contribution is 2.40. The third-order valence-electron chi connectivity index (χ3n) is 8.23. The molecule has 5 heterocycles. The first-order valence-electron chi connectivity index (χ1n) is 14.9. The van der Waals surface area contributed by atoms with Crippen molar-refractivity contribution < 1.29 is 0 Å². The Morgan fingerprint density at radius 2 is 1.81 bits per heavy atom. The highest BCUT2D eigenvalue weighted by atomic mass is 15.2. The quantitative estimate of drug-likeness (QED) is 0.214. The SMILES string of the molecule is C/C=C\C(=C/C)c1ccc2nc(-c3cccnc3N)n(-c3ccc(CN4CCC5(CCN(C#N)C5)C4)cc3)c2n1.CC. The molecule has 1 atom stereocenters. The predicted molar refractivity (Wildman–Crippen MR) is 170 cm³/mol. The molecule has 2 fully saturated rings. The van der Waals surface area contributed by atoms with Gasteiger partial charge in [-0.25, -0.2) is 15.0 Å². The summed E-state index contributed by atoms with van der Waals surface area (Å²) in [6, 6.07) is 16.5. The van der Waals surface area contributed by atoms with Gasteiger partial charge in [0.2, 0.25) is 0 Å². The molecule has 1 aromatic carbocycles. The van der Waals surface area contributed by atoms with Gasteiger partial charge in [-0.15, -0.1) is 0 Å². The lowest BCUT2D eigenvalue weighted by Crippen LogP contribution is -2.29. The van der Waals surface area contributed by atoms with E-state index < -0.39 is 0 Å². The zero-order valence-electron chi connectivity index (χ0n) is 25.1. The summed E-state index contributed by atoms with van der Waals surface area (Å²) in [5.74, 6) is 1.15. The van der Waals surface area contributed by atoms with E-state index in [0.717, 1.165) is 85.1 Å². The normalized spacial score (nSPS) is 19.0. The van der Waals surface area contributed by atoms with Crippen LogP contribution in [-0.2, 0) is 6.54 Å². The number of nitrogens with zero attached hydrogens (tertiary/aromatic N) is 7. The number of imidazole rings is 1. The number of nitriles is 1. The van der Waals surface area contributed by atoms with Gasteiger partial charge in [0.25, 0.3) is 0 Å². The molecular weight excluding hydrogens is 520 g/mol. The van der Waals surface area contributed by atoms with Crippen LogP contribution in [0.15, 0.2) is 73.0 Å². The van der Waals surface area contributed by atoms with Crippen LogP contribution in [0.3, 0.4) is 0 Å². The van der Waals surface area contributed by atoms with Crippen LogP contribution in [0, 0.1) is 16.9 Å². The fourth-order valence-corrected chi connectivity index (χ4v) is 6.18. The predicted octanol–water partition coefficient (Wildman–Crippen LogP) is 6.45. The number of hydrogen-bond donors (Lipinski definition) is 1. The number of aromatic nitrogens is 4. The van der Waals surface area contributed by atoms with Crippen molar-refractivity contribution in [2.45, 2.75) is 47.1 Å². The van der Waals surface area contributed by atoms with Crippen LogP contribution < -0.4 is 5.73 Å². The number of allylic oxidation sites excluding steroid dienone is 4. The molecule has 0 aliphatic carbocycles. The number of nitrogens with two attached hydrogens (primary N) is 1. The van der Waals surface area contributed by atoms with Gasteiger partial charge < -0.3 is 10.6 Å². The van der Waals surface area contributed by atoms with Gasteiger partial charge in [-0.2, -0.15) is 5.26 Å². The van der Waals surface area contributed by atoms with Crippen molar-refractivity contribution in [3.05, 3.63) is 84.2 Å². The van der Waals surface area contributed by atoms with Gasteiger partial charge in [0.05, 0.1) is 11.3 Å². The topological polar surface area (TPSA) is 99.9 Å². The van der Waals surface area contributed by atoms with Crippen LogP contribution in [0.4, 0.5) is 5.82 Å². The first-order valence-corrected chi connectivity index (χ1v) is 14.9. The molecule has 8 heteroatoms. The van der Waals surface area contributed by atoms with E-state index in [-0.39, 0.29) is 5.41 Å². The lowest BCUT2D eigenvalue weighted by molar-refractivity contribution is 0.257. The van der Waals surface area contributed by atoms with Crippen molar-refractivity contribution in [1.29, 1.82) is 5.26 Å². The Hall–Kier alpha value is -4.48. The fourth-order valence-electron chi connectivity index (χ4n) is 6.18. The van der Waals surface area contributed by atoms with Crippen LogP contribution in [0.2, 0.25) is 0 Å². The maximum atomic E-state index is 9.30. The number of benzene rings is 1. The minimum Gasteiger partial charge on any atom is -0.383 e. The minimum absolute atomic E-state index is 0.270. The van der Waals surface area contributed by atoms with E-state index in [1.165, 1.54) is 5.56 Å². The standard InChI is InChI=1S/C32H34N8.C2H6/c1-3-6-24(4-2)27-12-13-28-31(36-27)40(30(37-28)26-7-5-16-35-29(26)34)25-10-8-23(9-11-25)19-38-17-14-32(20-38)15-18-39(21-32)22-33;1-2/h3-13,16H,14-15,17-21H2,1-2H3,(H2,34,35);1-2H3/b6-3-,24-4+;. The Balaban J connectivity index is 0.00000173. The van der Waals surface area contributed by atoms with Gasteiger partial charge in [-0.1, -0.05) is 44.2 Å². The summed E-state index contributed by atoms with van der Waals surface area (Å²) < 4.78 is 2.08. The molecule has 1 spiro atoms. The molecule has 6 rings (SSSR count). The molecule has 2 aliphatic rings. The molecule has 2 aliphatic heterocycles. The maximum Gasteiger partial charge on any atom is 0.179 e. The van der Waals surface area contributed by atoms with Crippen molar-refractivity contribution in [1.82, 2.24) is 29.3 Å². The third-order valence-corrected chi connectivity index (χ3v) is 8.23. The summed E-state index contributed by atoms with van der Waals surface area (Å²) in [7, 11) is 0. The smallest absolute Gasteiger partial charge is 0.179 e. The number of likely N-dealkylation sites (tertiary alicyclic amines) is 2. The Morgan fingerprint density at radius 3 is 2.50 bits per heavy atom. The maximum absolute atomic E-state index is 9.30. The van der Waals surface area contributed by atoms with Crippen LogP contribution in [0.5, 0.6) is 0 Å². The van der Waals surface area contributed by atoms with E-state index in [1.54, 1.807) is 6.20 Å². The molecule has 8 nitrogen and oxygen atoms in total. The summed E-state index contributed by atoms with van der Waals surface area (Å²) >= 11 is 0. The Labute approximate surface area is 248 Å². The van der Waals surface area contributed by atoms with Crippen LogP contribution in [-0.4, -0.2) is 55.5 Å². The number of hydrogen-bond acceptors (Lipinski definition) is 7. The molecule has 2 N–H and O–H groups in total. The van der Waals surface area contributed by atoms with Gasteiger partial charge in [0.15, 0.2) is 17.7 Å². The summed E-state index contributed by atoms with van der Waals surface area (Å²) in [6.45, 7) is 12.8. The summed E-state index contributed by atoms with van der Waals surface area (Å²) in [4.78, 5) is 18.8. The van der Waals surface area contributed by atoms with Crippen molar-refractivity contribution in [3.63, 3.8) is 0 Å². The van der Waals surface area contributed by atoms with E-state index in [4.69, 9.17) is 15.7 Å². The Kier molecular flexibility index (Phi) is 8.69. The minimum atomic E-state index is 0.270. The molecule has 42 heavy (non-hydrogen) atoms. The molecule has 0 saturated carbocycles. The Morgan fingerprint density at radius 1 is 1.02 bits per heavy atom. The molecule has 2 saturated heterocycles. The van der Waals surface area contributed by atoms with Gasteiger partial charge in [-0.05, 0) is 80.8 Å². The van der Waals surface area contributed by atoms with Gasteiger partial charge in [0.1, 0.15) is 11.3 Å². The average Bonchev–Trinajstić information content (AvgIpc) is 3.74. The fraction of sp³-hybridized carbons (Fsp3) is 0.353. The lowest BCUT2D eigenvalue weighted by atomic mass is 9.86. The molecule has 0 bridgehead atoms. The monoisotopic (exact) mass is 560 g/mol. The van der Waals surface area contributed by atoms with E-state index in [9.17, 15) is 5.26 Å². The summed E-state index contributed by atoms with van der Waals surface area (Å²) in [6.07, 6.45) is 12.5. The first-order chi connectivity index (χ1) is 20.5. The molecule has 3 aromatic heterocycles. The highest BCUT2D eigenvalue weighted by molar-refractivity contribution is 5.85. The van der Waals surface area contributed by atoms with Crippen LogP contribution in [0.1, 0.15) is 51.8 Å². The van der Waals surface area contributed by atoms with Gasteiger partial charge in [0, 0.05) is 43.5 Å². The van der Waals surface area contributed by atoms with Crippen LogP contribution >= 0.6 is 0 Å². The average molecular weight is 561 g/mol. The van der Waals surface area contributed by atoms with Crippen molar-refractivity contribution >= 4 is 22.6 Å². The molecule has 4 aromatic rings. The second-order valence-electron chi connectivity index (χ2n) is 10.9. The molecule has 216 valence electrons. The van der Waals surface area contributed by atoms with E-state index >= 15 is 0 Å². The zero-order chi connectivity index (χ0) is 29.7. The molecule has 1 unspecified atom stereocenters. The largest absolute Gasteiger partial charge is 0.383 e. The lowest BCUT2D eigenvalue weighted by Gasteiger charge is -2.23. The molecule has 0 radical (unpaired) electrons. The third kappa shape index (κ3) is 5.65. The number of anilines is 1. The number of nitrogen functional groups attached to an aromatic ring is 1.